The van der Waals surface area contributed by atoms with Crippen LogP contribution < -0.4 is 5.73 Å². The zero-order valence-electron chi connectivity index (χ0n) is 21.3. The highest BCUT2D eigenvalue weighted by molar-refractivity contribution is 7.10. The number of aryl methyl sites for hydroxylation is 3. The molecule has 4 atom stereocenters. The second-order valence-corrected chi connectivity index (χ2v) is 11.6. The quantitative estimate of drug-likeness (QED) is 0.362. The number of nitrogens with two attached hydrogens (primary N) is 1. The fraction of sp³-hybridized carbons (Fsp3) is 0.393. The van der Waals surface area contributed by atoms with Gasteiger partial charge in [-0.15, -0.1) is 11.3 Å². The van der Waals surface area contributed by atoms with Crippen LogP contribution >= 0.6 is 11.3 Å². The molecule has 9 nitrogen and oxygen atoms in total. The van der Waals surface area contributed by atoms with Crippen LogP contribution in [0.1, 0.15) is 38.3 Å². The number of Topliss-reactive ketones (excluding diaryl/α,β-unsaturated/α-hetero) is 2. The average Bonchev–Trinajstić information content (AvgIpc) is 3.25. The van der Waals surface area contributed by atoms with Gasteiger partial charge < -0.3 is 26.2 Å². The Morgan fingerprint density at radius 3 is 2.47 bits per heavy atom. The van der Waals surface area contributed by atoms with Crippen LogP contribution in [0, 0.1) is 18.8 Å². The molecule has 1 aromatic heterocycles. The summed E-state index contributed by atoms with van der Waals surface area (Å²) in [5.74, 6) is -6.44. The van der Waals surface area contributed by atoms with Gasteiger partial charge in [0.1, 0.15) is 22.8 Å². The number of nitrogens with zero attached hydrogens (tertiary/aromatic N) is 1. The molecule has 0 fully saturated rings. The number of carbonyl (C=O) groups is 3. The van der Waals surface area contributed by atoms with Crippen LogP contribution in [0.15, 0.2) is 46.2 Å². The van der Waals surface area contributed by atoms with Gasteiger partial charge in [0, 0.05) is 16.4 Å². The summed E-state index contributed by atoms with van der Waals surface area (Å²) in [6.07, 6.45) is 1.78. The number of allylic oxidation sites excluding steroid dienone is 1. The van der Waals surface area contributed by atoms with Gasteiger partial charge in [0.15, 0.2) is 11.4 Å². The number of ketones is 2. The molecule has 3 aliphatic carbocycles. The van der Waals surface area contributed by atoms with Gasteiger partial charge in [0.2, 0.25) is 5.78 Å². The van der Waals surface area contributed by atoms with E-state index in [-0.39, 0.29) is 23.3 Å². The number of likely N-dealkylation sites (N-methyl/N-ethyl adjacent to an activating group) is 1. The maximum atomic E-state index is 13.8. The number of aliphatic hydroxyl groups excluding tert-OH is 2. The standard InChI is InChI=1S/C28H30N2O7S/c1-12-8-9-38-18(12)7-5-13-4-6-17(31)20-15(13)10-14-11-16-22(30(2)3)24(33)21(27(29)36)26(35)28(16,37)25(34)19(14)23(20)32/h4,6,8-9,14,16,22,31,33-34,37H,5,7,10-11H2,1-3H3,(H2,29,36). The van der Waals surface area contributed by atoms with Crippen molar-refractivity contribution >= 4 is 28.8 Å². The fourth-order valence-electron chi connectivity index (χ4n) is 6.46. The maximum absolute atomic E-state index is 13.8. The first kappa shape index (κ1) is 26.1. The first-order valence-corrected chi connectivity index (χ1v) is 13.3. The molecule has 1 heterocycles. The van der Waals surface area contributed by atoms with Crippen molar-refractivity contribution < 1.29 is 34.8 Å². The number of primary amides is 1. The van der Waals surface area contributed by atoms with Crippen LogP contribution in [0.3, 0.4) is 0 Å². The summed E-state index contributed by atoms with van der Waals surface area (Å²) in [5, 5.41) is 46.6. The van der Waals surface area contributed by atoms with Gasteiger partial charge in [-0.25, -0.2) is 0 Å². The van der Waals surface area contributed by atoms with Crippen LogP contribution in [0.25, 0.3) is 0 Å². The van der Waals surface area contributed by atoms with E-state index in [0.717, 1.165) is 12.0 Å². The summed E-state index contributed by atoms with van der Waals surface area (Å²) in [4.78, 5) is 42.0. The summed E-state index contributed by atoms with van der Waals surface area (Å²) in [7, 11) is 3.21. The number of thiophene rings is 1. The predicted molar refractivity (Wildman–Crippen MR) is 140 cm³/mol. The molecular weight excluding hydrogens is 508 g/mol. The van der Waals surface area contributed by atoms with E-state index in [4.69, 9.17) is 5.73 Å². The van der Waals surface area contributed by atoms with Crippen LogP contribution in [-0.2, 0) is 28.9 Å². The third kappa shape index (κ3) is 3.62. The SMILES string of the molecule is Cc1ccsc1CCc1ccc(O)c2c1CC1CC3C(N(C)C)C(O)=C(C(N)=O)C(=O)C3(O)C(O)=C1C2=O. The zero-order valence-corrected chi connectivity index (χ0v) is 22.1. The number of carbonyl (C=O) groups excluding carboxylic acids is 3. The van der Waals surface area contributed by atoms with Gasteiger partial charge in [-0.3, -0.25) is 19.3 Å². The van der Waals surface area contributed by atoms with E-state index < -0.39 is 58.0 Å². The number of hydrogen-bond acceptors (Lipinski definition) is 9. The van der Waals surface area contributed by atoms with Crippen molar-refractivity contribution in [1.29, 1.82) is 0 Å². The summed E-state index contributed by atoms with van der Waals surface area (Å²) >= 11 is 1.66. The van der Waals surface area contributed by atoms with Gasteiger partial charge in [-0.1, -0.05) is 6.07 Å². The number of aliphatic hydroxyl groups is 3. The number of aromatic hydroxyl groups is 1. The van der Waals surface area contributed by atoms with Gasteiger partial charge >= 0.3 is 0 Å². The topological polar surface area (TPSA) is 161 Å². The van der Waals surface area contributed by atoms with Crippen LogP contribution in [0.5, 0.6) is 5.75 Å². The summed E-state index contributed by atoms with van der Waals surface area (Å²) in [6.45, 7) is 2.05. The van der Waals surface area contributed by atoms with E-state index in [9.17, 15) is 34.8 Å². The molecule has 200 valence electrons. The van der Waals surface area contributed by atoms with E-state index in [1.807, 2.05) is 12.3 Å². The minimum atomic E-state index is -2.63. The average molecular weight is 539 g/mol. The number of fused-ring (bicyclic) bond motifs is 3. The summed E-state index contributed by atoms with van der Waals surface area (Å²) < 4.78 is 0. The van der Waals surface area contributed by atoms with Crippen molar-refractivity contribution in [2.45, 2.75) is 44.2 Å². The van der Waals surface area contributed by atoms with Crippen molar-refractivity contribution in [1.82, 2.24) is 4.90 Å². The lowest BCUT2D eigenvalue weighted by atomic mass is 9.58. The van der Waals surface area contributed by atoms with Gasteiger partial charge in [-0.2, -0.15) is 0 Å². The van der Waals surface area contributed by atoms with E-state index in [1.165, 1.54) is 21.4 Å². The molecular formula is C28H30N2O7S. The molecule has 0 aliphatic heterocycles. The molecule has 0 radical (unpaired) electrons. The number of phenols is 1. The lowest BCUT2D eigenvalue weighted by Gasteiger charge is -2.50. The Kier molecular flexibility index (Phi) is 6.24. The number of phenolic OH excluding ortho intramolecular Hbond substituents is 1. The van der Waals surface area contributed by atoms with E-state index in [2.05, 4.69) is 6.07 Å². The number of benzene rings is 1. The van der Waals surface area contributed by atoms with E-state index in [1.54, 1.807) is 31.5 Å². The predicted octanol–water partition coefficient (Wildman–Crippen LogP) is 2.28. The van der Waals surface area contributed by atoms with Gasteiger partial charge in [-0.05, 0) is 86.8 Å². The highest BCUT2D eigenvalue weighted by atomic mass is 32.1. The van der Waals surface area contributed by atoms with Gasteiger partial charge in [0.05, 0.1) is 11.6 Å². The Morgan fingerprint density at radius 1 is 1.16 bits per heavy atom. The smallest absolute Gasteiger partial charge is 0.255 e. The molecule has 1 aromatic carbocycles. The second-order valence-electron chi connectivity index (χ2n) is 10.6. The summed E-state index contributed by atoms with van der Waals surface area (Å²) in [5.41, 5.74) is 4.60. The van der Waals surface area contributed by atoms with Crippen LogP contribution in [-0.4, -0.2) is 68.5 Å². The third-order valence-corrected chi connectivity index (χ3v) is 9.38. The minimum Gasteiger partial charge on any atom is -0.510 e. The minimum absolute atomic E-state index is 0.0474. The Bertz CT molecular complexity index is 1450. The molecule has 0 spiro atoms. The summed E-state index contributed by atoms with van der Waals surface area (Å²) in [6, 6.07) is 4.30. The van der Waals surface area contributed by atoms with Crippen LogP contribution in [0.2, 0.25) is 0 Å². The molecule has 2 aromatic rings. The zero-order chi connectivity index (χ0) is 27.7. The Morgan fingerprint density at radius 2 is 1.87 bits per heavy atom. The first-order chi connectivity index (χ1) is 17.9. The number of rotatable bonds is 5. The van der Waals surface area contributed by atoms with Crippen molar-refractivity contribution in [2.75, 3.05) is 14.1 Å². The molecule has 6 N–H and O–H groups in total. The molecule has 1 amide bonds. The molecule has 5 rings (SSSR count). The lowest BCUT2D eigenvalue weighted by molar-refractivity contribution is -0.148. The third-order valence-electron chi connectivity index (χ3n) is 8.29. The largest absolute Gasteiger partial charge is 0.510 e. The Hall–Kier alpha value is -3.47. The van der Waals surface area contributed by atoms with Crippen molar-refractivity contribution in [2.24, 2.45) is 17.6 Å². The highest BCUT2D eigenvalue weighted by Gasteiger charge is 2.63. The van der Waals surface area contributed by atoms with Gasteiger partial charge in [0.25, 0.3) is 5.91 Å². The number of amides is 1. The van der Waals surface area contributed by atoms with E-state index >= 15 is 0 Å². The molecule has 0 saturated heterocycles. The normalized spacial score (nSPS) is 26.9. The Balaban J connectivity index is 1.63. The fourth-order valence-corrected chi connectivity index (χ4v) is 7.37. The molecule has 3 aliphatic rings. The van der Waals surface area contributed by atoms with Crippen molar-refractivity contribution in [3.05, 3.63) is 73.4 Å². The first-order valence-electron chi connectivity index (χ1n) is 12.4. The van der Waals surface area contributed by atoms with E-state index in [0.29, 0.717) is 18.4 Å². The molecule has 0 bridgehead atoms. The van der Waals surface area contributed by atoms with Crippen molar-refractivity contribution in [3.63, 3.8) is 0 Å². The molecule has 0 saturated carbocycles. The number of hydrogen-bond donors (Lipinski definition) is 5. The van der Waals surface area contributed by atoms with Crippen molar-refractivity contribution in [3.8, 4) is 5.75 Å². The monoisotopic (exact) mass is 538 g/mol. The molecule has 4 unspecified atom stereocenters. The van der Waals surface area contributed by atoms with Crippen LogP contribution in [0.4, 0.5) is 0 Å². The Labute approximate surface area is 223 Å². The lowest BCUT2D eigenvalue weighted by Crippen LogP contribution is -2.63. The highest BCUT2D eigenvalue weighted by Crippen LogP contribution is 2.52. The maximum Gasteiger partial charge on any atom is 0.255 e. The molecule has 10 heteroatoms. The molecule has 38 heavy (non-hydrogen) atoms. The second kappa shape index (κ2) is 9.07.